The van der Waals surface area contributed by atoms with Gasteiger partial charge in [0.15, 0.2) is 0 Å². The molecule has 2 atom stereocenters. The van der Waals surface area contributed by atoms with Crippen LogP contribution in [-0.2, 0) is 19.9 Å². The number of hydrogen-bond donors (Lipinski definition) is 1. The van der Waals surface area contributed by atoms with Crippen LogP contribution in [0.2, 0.25) is 0 Å². The van der Waals surface area contributed by atoms with Crippen LogP contribution in [0.25, 0.3) is 0 Å². The molecule has 0 radical (unpaired) electrons. The average molecular weight is 242 g/mol. The summed E-state index contributed by atoms with van der Waals surface area (Å²) >= 11 is 0. The molecule has 0 fully saturated rings. The number of nitrogens with zero attached hydrogens (tertiary/aromatic N) is 3. The molecule has 2 aromatic rings. The van der Waals surface area contributed by atoms with E-state index >= 15 is 0 Å². The van der Waals surface area contributed by atoms with Crippen molar-refractivity contribution in [2.75, 3.05) is 0 Å². The number of aromatic nitrogens is 3. The minimum atomic E-state index is 0.130. The Labute approximate surface area is 107 Å². The molecule has 4 nitrogen and oxygen atoms in total. The van der Waals surface area contributed by atoms with Crippen molar-refractivity contribution in [3.63, 3.8) is 0 Å². The molecule has 18 heavy (non-hydrogen) atoms. The Kier molecular flexibility index (Phi) is 2.88. The second kappa shape index (κ2) is 4.53. The Balaban J connectivity index is 1.76. The molecule has 1 heterocycles. The van der Waals surface area contributed by atoms with E-state index in [0.717, 1.165) is 25.0 Å². The van der Waals surface area contributed by atoms with Gasteiger partial charge in [-0.15, -0.1) is 5.10 Å². The van der Waals surface area contributed by atoms with E-state index in [9.17, 15) is 0 Å². The first kappa shape index (κ1) is 11.4. The van der Waals surface area contributed by atoms with Crippen LogP contribution in [0.5, 0.6) is 0 Å². The molecule has 1 aliphatic carbocycles. The molecule has 0 aliphatic heterocycles. The van der Waals surface area contributed by atoms with Gasteiger partial charge in [-0.1, -0.05) is 29.5 Å². The lowest BCUT2D eigenvalue weighted by Gasteiger charge is -2.19. The molecule has 4 heteroatoms. The van der Waals surface area contributed by atoms with Crippen LogP contribution < -0.4 is 5.73 Å². The lowest BCUT2D eigenvalue weighted by Crippen LogP contribution is -2.29. The summed E-state index contributed by atoms with van der Waals surface area (Å²) in [6, 6.07) is 8.76. The van der Waals surface area contributed by atoms with Gasteiger partial charge in [0.05, 0.1) is 5.69 Å². The van der Waals surface area contributed by atoms with E-state index in [1.807, 2.05) is 13.2 Å². The van der Waals surface area contributed by atoms with Crippen molar-refractivity contribution < 1.29 is 0 Å². The minimum absolute atomic E-state index is 0.130. The SMILES string of the molecule is Cn1cc(CC(N)C2CCc3ccccc32)nn1. The third kappa shape index (κ3) is 2.04. The van der Waals surface area contributed by atoms with Crippen LogP contribution in [0.1, 0.15) is 29.2 Å². The first-order chi connectivity index (χ1) is 8.74. The van der Waals surface area contributed by atoms with E-state index < -0.39 is 0 Å². The highest BCUT2D eigenvalue weighted by atomic mass is 15.4. The third-order valence-corrected chi connectivity index (χ3v) is 3.79. The molecule has 0 saturated carbocycles. The minimum Gasteiger partial charge on any atom is -0.327 e. The van der Waals surface area contributed by atoms with Gasteiger partial charge in [0.25, 0.3) is 0 Å². The largest absolute Gasteiger partial charge is 0.327 e. The Morgan fingerprint density at radius 1 is 1.44 bits per heavy atom. The van der Waals surface area contributed by atoms with Gasteiger partial charge in [0.1, 0.15) is 0 Å². The van der Waals surface area contributed by atoms with Gasteiger partial charge >= 0.3 is 0 Å². The van der Waals surface area contributed by atoms with E-state index in [-0.39, 0.29) is 6.04 Å². The number of aryl methyl sites for hydroxylation is 2. The van der Waals surface area contributed by atoms with Crippen molar-refractivity contribution in [2.45, 2.75) is 31.2 Å². The zero-order valence-electron chi connectivity index (χ0n) is 10.6. The predicted molar refractivity (Wildman–Crippen MR) is 70.2 cm³/mol. The van der Waals surface area contributed by atoms with Crippen molar-refractivity contribution in [2.24, 2.45) is 12.8 Å². The Bertz CT molecular complexity index is 546. The third-order valence-electron chi connectivity index (χ3n) is 3.79. The van der Waals surface area contributed by atoms with Crippen molar-refractivity contribution in [3.05, 3.63) is 47.3 Å². The highest BCUT2D eigenvalue weighted by Crippen LogP contribution is 2.35. The van der Waals surface area contributed by atoms with Crippen LogP contribution in [0.3, 0.4) is 0 Å². The molecule has 1 aromatic heterocycles. The number of nitrogens with two attached hydrogens (primary N) is 1. The fourth-order valence-electron chi connectivity index (χ4n) is 2.91. The van der Waals surface area contributed by atoms with Crippen LogP contribution in [0.15, 0.2) is 30.5 Å². The molecule has 0 bridgehead atoms. The molecule has 3 rings (SSSR count). The van der Waals surface area contributed by atoms with Crippen LogP contribution >= 0.6 is 0 Å². The first-order valence-corrected chi connectivity index (χ1v) is 6.42. The highest BCUT2D eigenvalue weighted by Gasteiger charge is 2.27. The molecule has 2 N–H and O–H groups in total. The van der Waals surface area contributed by atoms with E-state index in [1.54, 1.807) is 4.68 Å². The summed E-state index contributed by atoms with van der Waals surface area (Å²) < 4.78 is 1.73. The summed E-state index contributed by atoms with van der Waals surface area (Å²) in [5, 5.41) is 8.07. The van der Waals surface area contributed by atoms with Crippen molar-refractivity contribution in [1.29, 1.82) is 0 Å². The van der Waals surface area contributed by atoms with Gasteiger partial charge in [-0.25, -0.2) is 0 Å². The van der Waals surface area contributed by atoms with Gasteiger partial charge in [0, 0.05) is 25.7 Å². The maximum Gasteiger partial charge on any atom is 0.0842 e. The lowest BCUT2D eigenvalue weighted by atomic mass is 9.91. The second-order valence-corrected chi connectivity index (χ2v) is 5.10. The summed E-state index contributed by atoms with van der Waals surface area (Å²) in [5.41, 5.74) is 10.2. The number of hydrogen-bond acceptors (Lipinski definition) is 3. The zero-order valence-corrected chi connectivity index (χ0v) is 10.6. The van der Waals surface area contributed by atoms with Crippen LogP contribution in [0.4, 0.5) is 0 Å². The van der Waals surface area contributed by atoms with Crippen molar-refractivity contribution in [1.82, 2.24) is 15.0 Å². The Hall–Kier alpha value is -1.68. The van der Waals surface area contributed by atoms with Gasteiger partial charge < -0.3 is 5.73 Å². The molecule has 0 amide bonds. The van der Waals surface area contributed by atoms with Crippen molar-refractivity contribution >= 4 is 0 Å². The molecular weight excluding hydrogens is 224 g/mol. The lowest BCUT2D eigenvalue weighted by molar-refractivity contribution is 0.520. The first-order valence-electron chi connectivity index (χ1n) is 6.42. The summed E-state index contributed by atoms with van der Waals surface area (Å²) in [5.74, 6) is 0.461. The number of fused-ring (bicyclic) bond motifs is 1. The summed E-state index contributed by atoms with van der Waals surface area (Å²) in [7, 11) is 1.88. The molecule has 0 saturated heterocycles. The normalized spacial score (nSPS) is 19.8. The van der Waals surface area contributed by atoms with Gasteiger partial charge in [-0.05, 0) is 29.9 Å². The maximum absolute atomic E-state index is 6.36. The van der Waals surface area contributed by atoms with Crippen LogP contribution in [0, 0.1) is 0 Å². The van der Waals surface area contributed by atoms with E-state index in [4.69, 9.17) is 5.73 Å². The average Bonchev–Trinajstić information content (AvgIpc) is 2.95. The quantitative estimate of drug-likeness (QED) is 0.885. The van der Waals surface area contributed by atoms with E-state index in [0.29, 0.717) is 5.92 Å². The Morgan fingerprint density at radius 2 is 2.28 bits per heavy atom. The highest BCUT2D eigenvalue weighted by molar-refractivity contribution is 5.36. The standard InChI is InChI=1S/C14H18N4/c1-18-9-11(16-17-18)8-14(15)13-7-6-10-4-2-3-5-12(10)13/h2-5,9,13-14H,6-8,15H2,1H3. The number of benzene rings is 1. The summed E-state index contributed by atoms with van der Waals surface area (Å²) in [6.07, 6.45) is 5.04. The predicted octanol–water partition coefficient (Wildman–Crippen LogP) is 1.41. The zero-order chi connectivity index (χ0) is 12.5. The van der Waals surface area contributed by atoms with Gasteiger partial charge in [-0.3, -0.25) is 4.68 Å². The monoisotopic (exact) mass is 242 g/mol. The number of rotatable bonds is 3. The molecule has 94 valence electrons. The molecule has 0 spiro atoms. The maximum atomic E-state index is 6.36. The van der Waals surface area contributed by atoms with E-state index in [2.05, 4.69) is 34.6 Å². The van der Waals surface area contributed by atoms with Crippen molar-refractivity contribution in [3.8, 4) is 0 Å². The summed E-state index contributed by atoms with van der Waals surface area (Å²) in [6.45, 7) is 0. The second-order valence-electron chi connectivity index (χ2n) is 5.10. The molecular formula is C14H18N4. The Morgan fingerprint density at radius 3 is 3.06 bits per heavy atom. The van der Waals surface area contributed by atoms with Gasteiger partial charge in [-0.2, -0.15) is 0 Å². The van der Waals surface area contributed by atoms with E-state index in [1.165, 1.54) is 11.1 Å². The van der Waals surface area contributed by atoms with Crippen LogP contribution in [-0.4, -0.2) is 21.0 Å². The summed E-state index contributed by atoms with van der Waals surface area (Å²) in [4.78, 5) is 0. The smallest absolute Gasteiger partial charge is 0.0842 e. The fourth-order valence-corrected chi connectivity index (χ4v) is 2.91. The fraction of sp³-hybridized carbons (Fsp3) is 0.429. The molecule has 1 aromatic carbocycles. The molecule has 2 unspecified atom stereocenters. The molecule has 1 aliphatic rings. The topological polar surface area (TPSA) is 56.7 Å². The van der Waals surface area contributed by atoms with Gasteiger partial charge in [0.2, 0.25) is 0 Å².